The quantitative estimate of drug-likeness (QED) is 0.657. The molecule has 0 saturated carbocycles. The average Bonchev–Trinajstić information content (AvgIpc) is 1.87. The van der Waals surface area contributed by atoms with Crippen LogP contribution in [-0.4, -0.2) is 23.8 Å². The van der Waals surface area contributed by atoms with Gasteiger partial charge in [-0.3, -0.25) is 0 Å². The summed E-state index contributed by atoms with van der Waals surface area (Å²) >= 11 is 0. The van der Waals surface area contributed by atoms with Crippen molar-refractivity contribution in [3.63, 3.8) is 0 Å². The predicted molar refractivity (Wildman–Crippen MR) is 31.8 cm³/mol. The number of hydrogen-bond donors (Lipinski definition) is 1. The van der Waals surface area contributed by atoms with Crippen LogP contribution in [0.4, 0.5) is 13.2 Å². The number of halogens is 3. The Morgan fingerprint density at radius 3 is 2.10 bits per heavy atom. The van der Waals surface area contributed by atoms with E-state index in [0.717, 1.165) is 0 Å². The van der Waals surface area contributed by atoms with E-state index in [9.17, 15) is 13.2 Å². The molecule has 0 bridgehead atoms. The molecule has 0 spiro atoms. The number of hydrogen-bond acceptors (Lipinski definition) is 1. The zero-order chi connectivity index (χ0) is 8.15. The van der Waals surface area contributed by atoms with Gasteiger partial charge in [-0.25, -0.2) is 13.2 Å². The van der Waals surface area contributed by atoms with Gasteiger partial charge in [0.1, 0.15) is 0 Å². The third-order valence-corrected chi connectivity index (χ3v) is 1.19. The highest BCUT2D eigenvalue weighted by Crippen LogP contribution is 2.13. The van der Waals surface area contributed by atoms with Crippen molar-refractivity contribution in [2.24, 2.45) is 0 Å². The van der Waals surface area contributed by atoms with Gasteiger partial charge in [0.25, 0.3) is 6.43 Å². The predicted octanol–water partition coefficient (Wildman–Crippen LogP) is 1.75. The lowest BCUT2D eigenvalue weighted by atomic mass is 10.1. The first-order valence-corrected chi connectivity index (χ1v) is 3.19. The highest BCUT2D eigenvalue weighted by molar-refractivity contribution is 4.68. The zero-order valence-electron chi connectivity index (χ0n) is 5.73. The number of rotatable bonds is 4. The lowest BCUT2D eigenvalue weighted by Gasteiger charge is -2.12. The fourth-order valence-corrected chi connectivity index (χ4v) is 0.623. The van der Waals surface area contributed by atoms with Crippen LogP contribution in [-0.2, 0) is 0 Å². The van der Waals surface area contributed by atoms with Gasteiger partial charge in [0.2, 0.25) is 0 Å². The van der Waals surface area contributed by atoms with E-state index < -0.39 is 18.7 Å². The van der Waals surface area contributed by atoms with Crippen molar-refractivity contribution in [2.75, 3.05) is 0 Å². The largest absolute Gasteiger partial charge is 0.390 e. The van der Waals surface area contributed by atoms with Crippen LogP contribution in [0, 0.1) is 0 Å². The van der Waals surface area contributed by atoms with Crippen LogP contribution in [0.2, 0.25) is 0 Å². The van der Waals surface area contributed by atoms with E-state index in [4.69, 9.17) is 5.11 Å². The summed E-state index contributed by atoms with van der Waals surface area (Å²) in [6.07, 6.45) is -6.37. The second kappa shape index (κ2) is 4.55. The fraction of sp³-hybridized carbons (Fsp3) is 1.00. The summed E-state index contributed by atoms with van der Waals surface area (Å²) in [7, 11) is 0. The van der Waals surface area contributed by atoms with E-state index in [1.54, 1.807) is 6.92 Å². The summed E-state index contributed by atoms with van der Waals surface area (Å²) in [5.74, 6) is 0. The highest BCUT2D eigenvalue weighted by Gasteiger charge is 2.26. The molecule has 0 aliphatic rings. The second-order valence-electron chi connectivity index (χ2n) is 2.13. The van der Waals surface area contributed by atoms with E-state index in [1.807, 2.05) is 0 Å². The van der Waals surface area contributed by atoms with Crippen molar-refractivity contribution < 1.29 is 18.3 Å². The molecule has 0 radical (unpaired) electrons. The average molecular weight is 156 g/mol. The van der Waals surface area contributed by atoms with Crippen LogP contribution in [0.15, 0.2) is 0 Å². The first-order chi connectivity index (χ1) is 4.59. The van der Waals surface area contributed by atoms with E-state index in [2.05, 4.69) is 0 Å². The molecule has 0 saturated heterocycles. The molecule has 62 valence electrons. The zero-order valence-corrected chi connectivity index (χ0v) is 5.73. The molecule has 0 rings (SSSR count). The molecule has 10 heavy (non-hydrogen) atoms. The van der Waals surface area contributed by atoms with Crippen molar-refractivity contribution in [3.05, 3.63) is 0 Å². The van der Waals surface area contributed by atoms with Crippen LogP contribution < -0.4 is 0 Å². The lowest BCUT2D eigenvalue weighted by Crippen LogP contribution is -2.28. The Morgan fingerprint density at radius 2 is 1.80 bits per heavy atom. The minimum atomic E-state index is -3.07. The number of alkyl halides is 3. The summed E-state index contributed by atoms with van der Waals surface area (Å²) in [5.41, 5.74) is 0. The van der Waals surface area contributed by atoms with Crippen LogP contribution in [0.1, 0.15) is 19.8 Å². The van der Waals surface area contributed by atoms with Crippen LogP contribution in [0.25, 0.3) is 0 Å². The maximum Gasteiger partial charge on any atom is 0.271 e. The summed E-state index contributed by atoms with van der Waals surface area (Å²) in [4.78, 5) is 0. The molecule has 0 amide bonds. The molecule has 1 N–H and O–H groups in total. The van der Waals surface area contributed by atoms with Crippen molar-refractivity contribution in [2.45, 2.75) is 38.5 Å². The standard InChI is InChI=1S/C6H11F3O/c1-2-3-4(10)5(7)6(8)9/h4-6,10H,2-3H2,1H3. The smallest absolute Gasteiger partial charge is 0.271 e. The molecule has 0 aliphatic heterocycles. The topological polar surface area (TPSA) is 20.2 Å². The van der Waals surface area contributed by atoms with Crippen LogP contribution >= 0.6 is 0 Å². The van der Waals surface area contributed by atoms with E-state index in [1.165, 1.54) is 0 Å². The van der Waals surface area contributed by atoms with Gasteiger partial charge in [-0.15, -0.1) is 0 Å². The van der Waals surface area contributed by atoms with Gasteiger partial charge < -0.3 is 5.11 Å². The van der Waals surface area contributed by atoms with Gasteiger partial charge in [0, 0.05) is 0 Å². The molecule has 0 fully saturated rings. The van der Waals surface area contributed by atoms with Crippen LogP contribution in [0.5, 0.6) is 0 Å². The summed E-state index contributed by atoms with van der Waals surface area (Å²) in [6, 6.07) is 0. The summed E-state index contributed by atoms with van der Waals surface area (Å²) in [6.45, 7) is 1.70. The Labute approximate surface area is 57.9 Å². The van der Waals surface area contributed by atoms with E-state index >= 15 is 0 Å². The fourth-order valence-electron chi connectivity index (χ4n) is 0.623. The molecular formula is C6H11F3O. The van der Waals surface area contributed by atoms with Crippen LogP contribution in [0.3, 0.4) is 0 Å². The van der Waals surface area contributed by atoms with Crippen molar-refractivity contribution in [1.82, 2.24) is 0 Å². The molecule has 0 aliphatic carbocycles. The van der Waals surface area contributed by atoms with Crippen molar-refractivity contribution >= 4 is 0 Å². The normalized spacial score (nSPS) is 17.4. The summed E-state index contributed by atoms with van der Waals surface area (Å²) < 4.78 is 35.0. The molecular weight excluding hydrogens is 145 g/mol. The SMILES string of the molecule is CCCC(O)C(F)C(F)F. The van der Waals surface area contributed by atoms with Gasteiger partial charge in [-0.2, -0.15) is 0 Å². The van der Waals surface area contributed by atoms with Gasteiger partial charge in [0.05, 0.1) is 6.10 Å². The molecule has 0 aromatic rings. The van der Waals surface area contributed by atoms with Crippen molar-refractivity contribution in [1.29, 1.82) is 0 Å². The second-order valence-corrected chi connectivity index (χ2v) is 2.13. The van der Waals surface area contributed by atoms with E-state index in [0.29, 0.717) is 6.42 Å². The molecule has 4 heteroatoms. The molecule has 0 heterocycles. The van der Waals surface area contributed by atoms with Gasteiger partial charge >= 0.3 is 0 Å². The van der Waals surface area contributed by atoms with Crippen molar-refractivity contribution in [3.8, 4) is 0 Å². The summed E-state index contributed by atoms with van der Waals surface area (Å²) in [5, 5.41) is 8.63. The Morgan fingerprint density at radius 1 is 1.30 bits per heavy atom. The molecule has 0 aromatic heterocycles. The number of aliphatic hydroxyl groups is 1. The minimum Gasteiger partial charge on any atom is -0.390 e. The first-order valence-electron chi connectivity index (χ1n) is 3.19. The Hall–Kier alpha value is -0.250. The van der Waals surface area contributed by atoms with Gasteiger partial charge in [-0.1, -0.05) is 13.3 Å². The molecule has 0 aromatic carbocycles. The Kier molecular flexibility index (Phi) is 4.43. The van der Waals surface area contributed by atoms with Gasteiger partial charge in [-0.05, 0) is 6.42 Å². The first kappa shape index (κ1) is 9.75. The third-order valence-electron chi connectivity index (χ3n) is 1.19. The highest BCUT2D eigenvalue weighted by atomic mass is 19.3. The number of aliphatic hydroxyl groups excluding tert-OH is 1. The molecule has 1 nitrogen and oxygen atoms in total. The van der Waals surface area contributed by atoms with E-state index in [-0.39, 0.29) is 6.42 Å². The maximum atomic E-state index is 12.1. The molecule has 2 unspecified atom stereocenters. The minimum absolute atomic E-state index is 0.0888. The van der Waals surface area contributed by atoms with Gasteiger partial charge in [0.15, 0.2) is 6.17 Å². The maximum absolute atomic E-state index is 12.1. The molecule has 2 atom stereocenters. The monoisotopic (exact) mass is 156 g/mol. The third kappa shape index (κ3) is 3.06. The Bertz CT molecular complexity index is 87.1. The Balaban J connectivity index is 3.58. The lowest BCUT2D eigenvalue weighted by molar-refractivity contribution is -0.0318.